The molecule has 1 N–H and O–H groups in total. The van der Waals surface area contributed by atoms with E-state index in [1.165, 1.54) is 12.1 Å². The highest BCUT2D eigenvalue weighted by Crippen LogP contribution is 2.34. The van der Waals surface area contributed by atoms with E-state index >= 15 is 0 Å². The van der Waals surface area contributed by atoms with Crippen molar-refractivity contribution in [2.24, 2.45) is 0 Å². The molecule has 3 nitrogen and oxygen atoms in total. The van der Waals surface area contributed by atoms with Gasteiger partial charge >= 0.3 is 0 Å². The van der Waals surface area contributed by atoms with Crippen molar-refractivity contribution >= 4 is 15.7 Å². The van der Waals surface area contributed by atoms with Crippen molar-refractivity contribution in [2.45, 2.75) is 25.7 Å². The Morgan fingerprint density at radius 2 is 1.37 bits per heavy atom. The highest BCUT2D eigenvalue weighted by molar-refractivity contribution is 7.92. The number of anilines is 1. The molecule has 0 aliphatic carbocycles. The van der Waals surface area contributed by atoms with E-state index in [0.717, 1.165) is 28.8 Å². The van der Waals surface area contributed by atoms with Crippen molar-refractivity contribution in [2.75, 3.05) is 4.72 Å². The zero-order valence-corrected chi connectivity index (χ0v) is 16.0. The topological polar surface area (TPSA) is 46.2 Å². The van der Waals surface area contributed by atoms with Gasteiger partial charge in [0.2, 0.25) is 0 Å². The molecule has 0 aromatic heterocycles. The second-order valence-corrected chi connectivity index (χ2v) is 8.15. The first-order chi connectivity index (χ1) is 12.7. The van der Waals surface area contributed by atoms with Crippen LogP contribution in [0.1, 0.15) is 16.7 Å². The Morgan fingerprint density at radius 3 is 1.96 bits per heavy atom. The Balaban J connectivity index is 2.16. The smallest absolute Gasteiger partial charge is 0.261 e. The minimum atomic E-state index is -3.94. The van der Waals surface area contributed by atoms with Gasteiger partial charge in [0.25, 0.3) is 10.0 Å². The van der Waals surface area contributed by atoms with Gasteiger partial charge in [-0.2, -0.15) is 0 Å². The molecule has 0 bridgehead atoms. The third-order valence-electron chi connectivity index (χ3n) is 4.60. The number of benzene rings is 3. The summed E-state index contributed by atoms with van der Waals surface area (Å²) in [5.41, 5.74) is 3.92. The van der Waals surface area contributed by atoms with Crippen LogP contribution in [0.4, 0.5) is 14.5 Å². The van der Waals surface area contributed by atoms with Crippen LogP contribution in [0.5, 0.6) is 0 Å². The standard InChI is InChI=1S/C21H19F2NO2S/c1-13-9-16(10-14(2)15(13)3)18-11-19(22)20(23)12-21(18)24-27(25,26)17-7-5-4-6-8-17/h4-12,24H,1-3H3. The molecule has 0 aliphatic rings. The van der Waals surface area contributed by atoms with Gasteiger partial charge in [-0.05, 0) is 61.2 Å². The van der Waals surface area contributed by atoms with E-state index in [2.05, 4.69) is 4.72 Å². The molecule has 140 valence electrons. The van der Waals surface area contributed by atoms with Crippen LogP contribution in [-0.4, -0.2) is 8.42 Å². The normalized spacial score (nSPS) is 11.4. The van der Waals surface area contributed by atoms with E-state index in [1.54, 1.807) is 18.2 Å². The summed E-state index contributed by atoms with van der Waals surface area (Å²) in [6.07, 6.45) is 0. The number of rotatable bonds is 4. The third-order valence-corrected chi connectivity index (χ3v) is 5.98. The first-order valence-corrected chi connectivity index (χ1v) is 9.82. The molecule has 0 atom stereocenters. The molecular formula is C21H19F2NO2S. The van der Waals surface area contributed by atoms with Gasteiger partial charge in [-0.1, -0.05) is 30.3 Å². The number of hydrogen-bond donors (Lipinski definition) is 1. The number of nitrogens with one attached hydrogen (secondary N) is 1. The van der Waals surface area contributed by atoms with Crippen LogP contribution in [0.2, 0.25) is 0 Å². The molecule has 0 heterocycles. The number of halogens is 2. The van der Waals surface area contributed by atoms with E-state index in [9.17, 15) is 17.2 Å². The largest absolute Gasteiger partial charge is 0.279 e. The van der Waals surface area contributed by atoms with Gasteiger partial charge in [-0.15, -0.1) is 0 Å². The first-order valence-electron chi connectivity index (χ1n) is 8.34. The van der Waals surface area contributed by atoms with E-state index in [4.69, 9.17) is 0 Å². The summed E-state index contributed by atoms with van der Waals surface area (Å²) in [7, 11) is -3.94. The Labute approximate surface area is 157 Å². The fourth-order valence-corrected chi connectivity index (χ4v) is 3.96. The number of aryl methyl sites for hydroxylation is 2. The second-order valence-electron chi connectivity index (χ2n) is 6.47. The highest BCUT2D eigenvalue weighted by atomic mass is 32.2. The predicted molar refractivity (Wildman–Crippen MR) is 103 cm³/mol. The van der Waals surface area contributed by atoms with Crippen LogP contribution < -0.4 is 4.72 Å². The Hall–Kier alpha value is -2.73. The van der Waals surface area contributed by atoms with Crippen LogP contribution >= 0.6 is 0 Å². The lowest BCUT2D eigenvalue weighted by Gasteiger charge is -2.16. The molecule has 3 rings (SSSR count). The van der Waals surface area contributed by atoms with Crippen molar-refractivity contribution in [3.05, 3.63) is 82.9 Å². The average Bonchev–Trinajstić information content (AvgIpc) is 2.62. The lowest BCUT2D eigenvalue weighted by Crippen LogP contribution is -2.14. The minimum Gasteiger partial charge on any atom is -0.279 e. The zero-order chi connectivity index (χ0) is 19.8. The fourth-order valence-electron chi connectivity index (χ4n) is 2.86. The van der Waals surface area contributed by atoms with Crippen molar-refractivity contribution < 1.29 is 17.2 Å². The van der Waals surface area contributed by atoms with Crippen molar-refractivity contribution in [1.82, 2.24) is 0 Å². The van der Waals surface area contributed by atoms with Gasteiger partial charge in [0, 0.05) is 11.6 Å². The molecule has 3 aromatic rings. The van der Waals surface area contributed by atoms with Crippen LogP contribution in [0.25, 0.3) is 11.1 Å². The fraction of sp³-hybridized carbons (Fsp3) is 0.143. The van der Waals surface area contributed by atoms with E-state index in [0.29, 0.717) is 5.56 Å². The molecule has 3 aromatic carbocycles. The molecular weight excluding hydrogens is 368 g/mol. The highest BCUT2D eigenvalue weighted by Gasteiger charge is 2.19. The minimum absolute atomic E-state index is 0.0135. The monoisotopic (exact) mass is 387 g/mol. The molecule has 0 spiro atoms. The van der Waals surface area contributed by atoms with Gasteiger partial charge in [0.1, 0.15) is 0 Å². The summed E-state index contributed by atoms with van der Waals surface area (Å²) in [6, 6.07) is 13.3. The van der Waals surface area contributed by atoms with Gasteiger partial charge in [0.05, 0.1) is 10.6 Å². The van der Waals surface area contributed by atoms with Gasteiger partial charge in [-0.3, -0.25) is 4.72 Å². The maximum Gasteiger partial charge on any atom is 0.261 e. The van der Waals surface area contributed by atoms with Crippen molar-refractivity contribution in [3.8, 4) is 11.1 Å². The lowest BCUT2D eigenvalue weighted by molar-refractivity contribution is 0.509. The van der Waals surface area contributed by atoms with Crippen molar-refractivity contribution in [1.29, 1.82) is 0 Å². The van der Waals surface area contributed by atoms with Gasteiger partial charge in [0.15, 0.2) is 11.6 Å². The summed E-state index contributed by atoms with van der Waals surface area (Å²) in [5.74, 6) is -2.16. The molecule has 27 heavy (non-hydrogen) atoms. The maximum atomic E-state index is 13.9. The Morgan fingerprint density at radius 1 is 0.815 bits per heavy atom. The van der Waals surface area contributed by atoms with E-state index in [-0.39, 0.29) is 16.1 Å². The predicted octanol–water partition coefficient (Wildman–Crippen LogP) is 5.36. The van der Waals surface area contributed by atoms with Crippen LogP contribution in [0, 0.1) is 32.4 Å². The van der Waals surface area contributed by atoms with Gasteiger partial charge in [-0.25, -0.2) is 17.2 Å². The molecule has 6 heteroatoms. The summed E-state index contributed by atoms with van der Waals surface area (Å²) in [4.78, 5) is 0.0388. The lowest BCUT2D eigenvalue weighted by atomic mass is 9.95. The molecule has 0 unspecified atom stereocenters. The Bertz CT molecular complexity index is 1090. The number of sulfonamides is 1. The second kappa shape index (κ2) is 7.12. The molecule has 0 aliphatic heterocycles. The molecule has 0 radical (unpaired) electrons. The summed E-state index contributed by atoms with van der Waals surface area (Å²) < 4.78 is 55.5. The molecule has 0 saturated heterocycles. The van der Waals surface area contributed by atoms with Crippen LogP contribution in [0.3, 0.4) is 0 Å². The van der Waals surface area contributed by atoms with E-state index in [1.807, 2.05) is 32.9 Å². The zero-order valence-electron chi connectivity index (χ0n) is 15.2. The summed E-state index contributed by atoms with van der Waals surface area (Å²) in [6.45, 7) is 5.80. The van der Waals surface area contributed by atoms with Crippen LogP contribution in [0.15, 0.2) is 59.5 Å². The Kier molecular flexibility index (Phi) is 5.02. The molecule has 0 fully saturated rings. The van der Waals surface area contributed by atoms with Crippen molar-refractivity contribution in [3.63, 3.8) is 0 Å². The quantitative estimate of drug-likeness (QED) is 0.655. The molecule has 0 saturated carbocycles. The average molecular weight is 387 g/mol. The van der Waals surface area contributed by atoms with Crippen LogP contribution in [-0.2, 0) is 10.0 Å². The summed E-state index contributed by atoms with van der Waals surface area (Å²) in [5, 5.41) is 0. The molecule has 0 amide bonds. The van der Waals surface area contributed by atoms with E-state index < -0.39 is 21.7 Å². The number of hydrogen-bond acceptors (Lipinski definition) is 2. The van der Waals surface area contributed by atoms with Gasteiger partial charge < -0.3 is 0 Å². The summed E-state index contributed by atoms with van der Waals surface area (Å²) >= 11 is 0. The first kappa shape index (κ1) is 19.0. The maximum absolute atomic E-state index is 13.9. The third kappa shape index (κ3) is 3.85. The SMILES string of the molecule is Cc1cc(-c2cc(F)c(F)cc2NS(=O)(=O)c2ccccc2)cc(C)c1C.